The molecule has 110 valence electrons. The lowest BCUT2D eigenvalue weighted by molar-refractivity contribution is 0.211. The summed E-state index contributed by atoms with van der Waals surface area (Å²) in [6.45, 7) is 9.04. The van der Waals surface area contributed by atoms with Crippen LogP contribution in [0, 0.1) is 19.8 Å². The predicted octanol–water partition coefficient (Wildman–Crippen LogP) is 2.35. The van der Waals surface area contributed by atoms with Gasteiger partial charge in [-0.3, -0.25) is 9.80 Å². The van der Waals surface area contributed by atoms with Gasteiger partial charge in [0.15, 0.2) is 0 Å². The lowest BCUT2D eigenvalue weighted by Crippen LogP contribution is -2.37. The molecule has 1 saturated carbocycles. The molecule has 1 aliphatic carbocycles. The summed E-state index contributed by atoms with van der Waals surface area (Å²) >= 11 is 0. The summed E-state index contributed by atoms with van der Waals surface area (Å²) in [7, 11) is 0. The minimum atomic E-state index is 0.766. The number of fused-ring (bicyclic) bond motifs is 1. The summed E-state index contributed by atoms with van der Waals surface area (Å²) in [6.07, 6.45) is 5.63. The van der Waals surface area contributed by atoms with E-state index in [-0.39, 0.29) is 0 Å². The lowest BCUT2D eigenvalue weighted by atomic mass is 10.1. The van der Waals surface area contributed by atoms with E-state index < -0.39 is 0 Å². The van der Waals surface area contributed by atoms with Crippen LogP contribution in [0.5, 0.6) is 0 Å². The van der Waals surface area contributed by atoms with E-state index >= 15 is 0 Å². The van der Waals surface area contributed by atoms with Crippen LogP contribution >= 0.6 is 0 Å². The van der Waals surface area contributed by atoms with Crippen molar-refractivity contribution in [3.63, 3.8) is 0 Å². The van der Waals surface area contributed by atoms with Crippen molar-refractivity contribution in [2.45, 2.75) is 58.2 Å². The van der Waals surface area contributed by atoms with Crippen LogP contribution in [0.2, 0.25) is 0 Å². The molecule has 0 bridgehead atoms. The van der Waals surface area contributed by atoms with Crippen LogP contribution in [0.25, 0.3) is 0 Å². The highest BCUT2D eigenvalue weighted by atomic mass is 16.5. The van der Waals surface area contributed by atoms with Crippen molar-refractivity contribution in [1.82, 2.24) is 15.0 Å². The third-order valence-corrected chi connectivity index (χ3v) is 5.54. The van der Waals surface area contributed by atoms with Gasteiger partial charge in [-0.1, -0.05) is 5.16 Å². The fourth-order valence-electron chi connectivity index (χ4n) is 4.15. The maximum atomic E-state index is 5.31. The number of nitrogens with zero attached hydrogens (tertiary/aromatic N) is 3. The highest BCUT2D eigenvalue weighted by molar-refractivity contribution is 5.21. The van der Waals surface area contributed by atoms with Crippen molar-refractivity contribution < 1.29 is 4.52 Å². The van der Waals surface area contributed by atoms with E-state index in [9.17, 15) is 0 Å². The number of hydrogen-bond acceptors (Lipinski definition) is 4. The monoisotopic (exact) mass is 275 g/mol. The van der Waals surface area contributed by atoms with Crippen LogP contribution in [-0.2, 0) is 6.54 Å². The SMILES string of the molecule is Cc1noc(C)c1CN1CC[C@@H]2[C@@H]1CCN2CC1CC1. The first-order valence-electron chi connectivity index (χ1n) is 8.12. The summed E-state index contributed by atoms with van der Waals surface area (Å²) < 4.78 is 5.31. The molecule has 0 spiro atoms. The third kappa shape index (κ3) is 2.19. The van der Waals surface area contributed by atoms with E-state index in [1.54, 1.807) is 0 Å². The van der Waals surface area contributed by atoms with Crippen LogP contribution in [0.1, 0.15) is 42.7 Å². The first-order chi connectivity index (χ1) is 9.72. The van der Waals surface area contributed by atoms with E-state index in [1.807, 2.05) is 6.92 Å². The minimum Gasteiger partial charge on any atom is -0.361 e. The van der Waals surface area contributed by atoms with Gasteiger partial charge in [0.25, 0.3) is 0 Å². The molecule has 20 heavy (non-hydrogen) atoms. The van der Waals surface area contributed by atoms with Crippen molar-refractivity contribution in [2.75, 3.05) is 19.6 Å². The third-order valence-electron chi connectivity index (χ3n) is 5.54. The first-order valence-corrected chi connectivity index (χ1v) is 8.12. The number of likely N-dealkylation sites (tertiary alicyclic amines) is 2. The van der Waals surface area contributed by atoms with E-state index in [0.717, 1.165) is 36.0 Å². The van der Waals surface area contributed by atoms with Gasteiger partial charge in [0, 0.05) is 43.8 Å². The van der Waals surface area contributed by atoms with Gasteiger partial charge in [-0.2, -0.15) is 0 Å². The van der Waals surface area contributed by atoms with Crippen LogP contribution in [-0.4, -0.2) is 46.7 Å². The van der Waals surface area contributed by atoms with Gasteiger partial charge >= 0.3 is 0 Å². The van der Waals surface area contributed by atoms with Crippen molar-refractivity contribution >= 4 is 0 Å². The molecule has 4 heteroatoms. The smallest absolute Gasteiger partial charge is 0.138 e. The van der Waals surface area contributed by atoms with Crippen LogP contribution in [0.3, 0.4) is 0 Å². The Labute approximate surface area is 121 Å². The summed E-state index contributed by atoms with van der Waals surface area (Å²) in [5, 5.41) is 4.09. The Balaban J connectivity index is 1.43. The minimum absolute atomic E-state index is 0.766. The van der Waals surface area contributed by atoms with E-state index in [0.29, 0.717) is 0 Å². The van der Waals surface area contributed by atoms with E-state index in [4.69, 9.17) is 4.52 Å². The van der Waals surface area contributed by atoms with E-state index in [1.165, 1.54) is 50.9 Å². The Morgan fingerprint density at radius 3 is 2.40 bits per heavy atom. The standard InChI is InChI=1S/C16H25N3O/c1-11-14(12(2)20-17-11)10-19-8-6-15-16(19)5-7-18(15)9-13-3-4-13/h13,15-16H,3-10H2,1-2H3/t15-,16+/m1/s1. The van der Waals surface area contributed by atoms with Gasteiger partial charge in [-0.25, -0.2) is 0 Å². The zero-order valence-electron chi connectivity index (χ0n) is 12.6. The number of hydrogen-bond donors (Lipinski definition) is 0. The summed E-state index contributed by atoms with van der Waals surface area (Å²) in [4.78, 5) is 5.44. The molecule has 0 amide bonds. The Morgan fingerprint density at radius 2 is 1.75 bits per heavy atom. The molecular formula is C16H25N3O. The lowest BCUT2D eigenvalue weighted by Gasteiger charge is -2.25. The largest absolute Gasteiger partial charge is 0.361 e. The summed E-state index contributed by atoms with van der Waals surface area (Å²) in [6, 6.07) is 1.58. The van der Waals surface area contributed by atoms with Crippen LogP contribution in [0.4, 0.5) is 0 Å². The quantitative estimate of drug-likeness (QED) is 0.844. The predicted molar refractivity (Wildman–Crippen MR) is 77.5 cm³/mol. The average Bonchev–Trinajstić information content (AvgIpc) is 2.90. The van der Waals surface area contributed by atoms with Crippen LogP contribution < -0.4 is 0 Å². The molecule has 0 aromatic carbocycles. The molecule has 4 rings (SSSR count). The van der Waals surface area contributed by atoms with Crippen LogP contribution in [0.15, 0.2) is 4.52 Å². The fourth-order valence-corrected chi connectivity index (χ4v) is 4.15. The van der Waals surface area contributed by atoms with Crippen molar-refractivity contribution in [1.29, 1.82) is 0 Å². The van der Waals surface area contributed by atoms with Crippen molar-refractivity contribution in [2.24, 2.45) is 5.92 Å². The van der Waals surface area contributed by atoms with Crippen molar-refractivity contribution in [3.05, 3.63) is 17.0 Å². The number of aryl methyl sites for hydroxylation is 2. The summed E-state index contributed by atoms with van der Waals surface area (Å²) in [5.74, 6) is 2.02. The topological polar surface area (TPSA) is 32.5 Å². The second kappa shape index (κ2) is 4.85. The van der Waals surface area contributed by atoms with Gasteiger partial charge < -0.3 is 4.52 Å². The molecule has 1 aromatic rings. The molecule has 3 heterocycles. The van der Waals surface area contributed by atoms with Gasteiger partial charge in [0.2, 0.25) is 0 Å². The molecule has 3 aliphatic rings. The Kier molecular flexibility index (Phi) is 3.11. The Hall–Kier alpha value is -0.870. The molecule has 0 radical (unpaired) electrons. The van der Waals surface area contributed by atoms with E-state index in [2.05, 4.69) is 21.9 Å². The average molecular weight is 275 g/mol. The molecule has 2 atom stereocenters. The Morgan fingerprint density at radius 1 is 1.05 bits per heavy atom. The zero-order valence-corrected chi connectivity index (χ0v) is 12.6. The molecule has 4 nitrogen and oxygen atoms in total. The fraction of sp³-hybridized carbons (Fsp3) is 0.812. The molecule has 0 unspecified atom stereocenters. The highest BCUT2D eigenvalue weighted by Gasteiger charge is 2.43. The highest BCUT2D eigenvalue weighted by Crippen LogP contribution is 2.37. The van der Waals surface area contributed by atoms with Gasteiger partial charge in [-0.15, -0.1) is 0 Å². The Bertz CT molecular complexity index is 474. The second-order valence-electron chi connectivity index (χ2n) is 6.92. The number of aromatic nitrogens is 1. The molecule has 0 N–H and O–H groups in total. The van der Waals surface area contributed by atoms with Gasteiger partial charge in [0.05, 0.1) is 5.69 Å². The molecular weight excluding hydrogens is 250 g/mol. The summed E-state index contributed by atoms with van der Waals surface area (Å²) in [5.41, 5.74) is 2.38. The molecule has 3 fully saturated rings. The molecule has 2 saturated heterocycles. The zero-order chi connectivity index (χ0) is 13.7. The number of rotatable bonds is 4. The van der Waals surface area contributed by atoms with Gasteiger partial charge in [-0.05, 0) is 45.4 Å². The van der Waals surface area contributed by atoms with Crippen molar-refractivity contribution in [3.8, 4) is 0 Å². The normalized spacial score (nSPS) is 31.1. The molecule has 2 aliphatic heterocycles. The molecule has 1 aromatic heterocycles. The maximum Gasteiger partial charge on any atom is 0.138 e. The maximum absolute atomic E-state index is 5.31. The second-order valence-corrected chi connectivity index (χ2v) is 6.92. The first kappa shape index (κ1) is 12.8. The van der Waals surface area contributed by atoms with Gasteiger partial charge in [0.1, 0.15) is 5.76 Å².